The Morgan fingerprint density at radius 2 is 2.36 bits per heavy atom. The molecule has 0 bridgehead atoms. The van der Waals surface area contributed by atoms with Crippen molar-refractivity contribution in [2.24, 2.45) is 0 Å². The highest BCUT2D eigenvalue weighted by atomic mass is 16.5. The number of likely N-dealkylation sites (N-methyl/N-ethyl adjacent to an activating group) is 1. The van der Waals surface area contributed by atoms with Crippen LogP contribution in [0, 0.1) is 0 Å². The molecule has 0 amide bonds. The molecular weight excluding hydrogens is 142 g/mol. The Labute approximate surface area is 67.1 Å². The van der Waals surface area contributed by atoms with E-state index in [9.17, 15) is 0 Å². The van der Waals surface area contributed by atoms with Crippen molar-refractivity contribution in [3.8, 4) is 0 Å². The maximum Gasteiger partial charge on any atom is 0.0897 e. The number of rotatable bonds is 3. The van der Waals surface area contributed by atoms with Gasteiger partial charge in [-0.3, -0.25) is 5.01 Å². The van der Waals surface area contributed by atoms with Crippen LogP contribution in [0.2, 0.25) is 0 Å². The molecule has 0 saturated heterocycles. The molecule has 0 atom stereocenters. The Morgan fingerprint density at radius 3 is 2.82 bits per heavy atom. The van der Waals surface area contributed by atoms with E-state index in [0.717, 1.165) is 5.70 Å². The summed E-state index contributed by atoms with van der Waals surface area (Å²) in [5.41, 5.74) is 6.89. The summed E-state index contributed by atoms with van der Waals surface area (Å²) in [5.74, 6) is 0. The Balaban J connectivity index is 2.26. The molecule has 2 N–H and O–H groups in total. The molecule has 0 spiro atoms. The first-order chi connectivity index (χ1) is 5.20. The average Bonchev–Trinajstić information content (AvgIpc) is 2.31. The van der Waals surface area contributed by atoms with Gasteiger partial charge in [-0.05, 0) is 13.8 Å². The van der Waals surface area contributed by atoms with Gasteiger partial charge in [-0.25, -0.2) is 0 Å². The Kier molecular flexibility index (Phi) is 2.73. The molecular formula is C7H15N3O. The van der Waals surface area contributed by atoms with E-state index in [1.54, 1.807) is 0 Å². The van der Waals surface area contributed by atoms with Crippen LogP contribution in [0.15, 0.2) is 11.9 Å². The molecule has 0 aromatic rings. The molecule has 4 nitrogen and oxygen atoms in total. The molecule has 1 aliphatic heterocycles. The van der Waals surface area contributed by atoms with Crippen molar-refractivity contribution in [3.05, 3.63) is 11.9 Å². The third-order valence-electron chi connectivity index (χ3n) is 1.47. The summed E-state index contributed by atoms with van der Waals surface area (Å²) in [5, 5.41) is 1.89. The fourth-order valence-corrected chi connectivity index (χ4v) is 0.772. The van der Waals surface area contributed by atoms with E-state index >= 15 is 0 Å². The van der Waals surface area contributed by atoms with Gasteiger partial charge in [-0.1, -0.05) is 0 Å². The van der Waals surface area contributed by atoms with Crippen LogP contribution in [0.4, 0.5) is 0 Å². The van der Waals surface area contributed by atoms with Crippen LogP contribution in [0.25, 0.3) is 0 Å². The zero-order valence-electron chi connectivity index (χ0n) is 7.22. The molecule has 1 aliphatic rings. The Morgan fingerprint density at radius 1 is 1.64 bits per heavy atom. The highest BCUT2D eigenvalue weighted by Crippen LogP contribution is 2.02. The summed E-state index contributed by atoms with van der Waals surface area (Å²) in [7, 11) is 1.94. The Bertz CT molecular complexity index is 156. The van der Waals surface area contributed by atoms with Gasteiger partial charge < -0.3 is 10.2 Å². The molecule has 64 valence electrons. The van der Waals surface area contributed by atoms with Crippen molar-refractivity contribution in [1.29, 1.82) is 0 Å². The van der Waals surface area contributed by atoms with Crippen molar-refractivity contribution in [2.45, 2.75) is 20.0 Å². The molecule has 11 heavy (non-hydrogen) atoms. The lowest BCUT2D eigenvalue weighted by atomic mass is 10.4. The van der Waals surface area contributed by atoms with Crippen LogP contribution in [0.5, 0.6) is 0 Å². The van der Waals surface area contributed by atoms with Crippen molar-refractivity contribution in [3.63, 3.8) is 0 Å². The largest absolute Gasteiger partial charge is 0.372 e. The second-order valence-corrected chi connectivity index (χ2v) is 2.81. The molecule has 1 heterocycles. The van der Waals surface area contributed by atoms with Gasteiger partial charge in [0.15, 0.2) is 0 Å². The molecule has 1 rings (SSSR count). The van der Waals surface area contributed by atoms with E-state index in [1.807, 2.05) is 32.1 Å². The molecule has 0 aromatic heterocycles. The van der Waals surface area contributed by atoms with Crippen LogP contribution >= 0.6 is 0 Å². The van der Waals surface area contributed by atoms with Gasteiger partial charge in [0.1, 0.15) is 0 Å². The van der Waals surface area contributed by atoms with Gasteiger partial charge in [0.05, 0.1) is 18.4 Å². The number of hydrogen-bond acceptors (Lipinski definition) is 4. The topological polar surface area (TPSA) is 36.5 Å². The SMILES string of the molecule is CC(C)OCC1=CNNN1C. The van der Waals surface area contributed by atoms with Crippen molar-refractivity contribution in [2.75, 3.05) is 13.7 Å². The smallest absolute Gasteiger partial charge is 0.0897 e. The first-order valence-corrected chi connectivity index (χ1v) is 3.75. The van der Waals surface area contributed by atoms with Crippen LogP contribution < -0.4 is 11.0 Å². The lowest BCUT2D eigenvalue weighted by Crippen LogP contribution is -2.34. The minimum Gasteiger partial charge on any atom is -0.372 e. The lowest BCUT2D eigenvalue weighted by Gasteiger charge is -2.15. The molecule has 0 unspecified atom stereocenters. The van der Waals surface area contributed by atoms with Crippen molar-refractivity contribution >= 4 is 0 Å². The number of hydrogen-bond donors (Lipinski definition) is 2. The van der Waals surface area contributed by atoms with E-state index < -0.39 is 0 Å². The minimum absolute atomic E-state index is 0.282. The van der Waals surface area contributed by atoms with E-state index in [1.165, 1.54) is 0 Å². The predicted octanol–water partition coefficient (Wildman–Crippen LogP) is 0.207. The molecule has 0 radical (unpaired) electrons. The van der Waals surface area contributed by atoms with Crippen LogP contribution in [0.3, 0.4) is 0 Å². The van der Waals surface area contributed by atoms with Crippen LogP contribution in [0.1, 0.15) is 13.8 Å². The standard InChI is InChI=1S/C7H15N3O/c1-6(2)11-5-7-4-8-9-10(7)3/h4,6,8-9H,5H2,1-3H3. The van der Waals surface area contributed by atoms with Crippen LogP contribution in [-0.4, -0.2) is 24.8 Å². The van der Waals surface area contributed by atoms with Crippen LogP contribution in [-0.2, 0) is 4.74 Å². The van der Waals surface area contributed by atoms with Gasteiger partial charge in [-0.2, -0.15) is 0 Å². The normalized spacial score (nSPS) is 17.1. The van der Waals surface area contributed by atoms with E-state index in [0.29, 0.717) is 6.61 Å². The van der Waals surface area contributed by atoms with Crippen molar-refractivity contribution in [1.82, 2.24) is 16.0 Å². The summed E-state index contributed by atoms with van der Waals surface area (Å²) in [6.45, 7) is 4.70. The summed E-state index contributed by atoms with van der Waals surface area (Å²) in [6, 6.07) is 0. The molecule has 4 heteroatoms. The summed E-state index contributed by atoms with van der Waals surface area (Å²) >= 11 is 0. The quantitative estimate of drug-likeness (QED) is 0.614. The number of nitrogens with one attached hydrogen (secondary N) is 2. The highest BCUT2D eigenvalue weighted by molar-refractivity contribution is 5.01. The van der Waals surface area contributed by atoms with Gasteiger partial charge in [-0.15, -0.1) is 5.53 Å². The highest BCUT2D eigenvalue weighted by Gasteiger charge is 2.09. The van der Waals surface area contributed by atoms with Gasteiger partial charge in [0.2, 0.25) is 0 Å². The molecule has 0 fully saturated rings. The van der Waals surface area contributed by atoms with Gasteiger partial charge >= 0.3 is 0 Å². The first kappa shape index (κ1) is 8.36. The van der Waals surface area contributed by atoms with Gasteiger partial charge in [0, 0.05) is 13.2 Å². The maximum absolute atomic E-state index is 5.41. The second kappa shape index (κ2) is 3.59. The monoisotopic (exact) mass is 157 g/mol. The number of hydrazine groups is 2. The molecule has 0 aromatic carbocycles. The van der Waals surface area contributed by atoms with E-state index in [4.69, 9.17) is 4.74 Å². The summed E-state index contributed by atoms with van der Waals surface area (Å²) in [6.07, 6.45) is 2.17. The Hall–Kier alpha value is -0.740. The van der Waals surface area contributed by atoms with E-state index in [2.05, 4.69) is 11.0 Å². The number of ether oxygens (including phenoxy) is 1. The summed E-state index contributed by atoms with van der Waals surface area (Å²) in [4.78, 5) is 0. The summed E-state index contributed by atoms with van der Waals surface area (Å²) < 4.78 is 5.41. The van der Waals surface area contributed by atoms with Crippen molar-refractivity contribution < 1.29 is 4.74 Å². The number of nitrogens with zero attached hydrogens (tertiary/aromatic N) is 1. The predicted molar refractivity (Wildman–Crippen MR) is 43.2 cm³/mol. The molecule has 0 saturated carbocycles. The van der Waals surface area contributed by atoms with Gasteiger partial charge in [0.25, 0.3) is 0 Å². The zero-order chi connectivity index (χ0) is 8.27. The minimum atomic E-state index is 0.282. The molecule has 0 aliphatic carbocycles. The zero-order valence-corrected chi connectivity index (χ0v) is 7.22. The average molecular weight is 157 g/mol. The third kappa shape index (κ3) is 2.40. The lowest BCUT2D eigenvalue weighted by molar-refractivity contribution is 0.0817. The second-order valence-electron chi connectivity index (χ2n) is 2.81. The fourth-order valence-electron chi connectivity index (χ4n) is 0.772. The van der Waals surface area contributed by atoms with E-state index in [-0.39, 0.29) is 6.10 Å². The maximum atomic E-state index is 5.41. The fraction of sp³-hybridized carbons (Fsp3) is 0.714. The third-order valence-corrected chi connectivity index (χ3v) is 1.47. The first-order valence-electron chi connectivity index (χ1n) is 3.75.